The summed E-state index contributed by atoms with van der Waals surface area (Å²) in [6.07, 6.45) is 0.236. The summed E-state index contributed by atoms with van der Waals surface area (Å²) in [6, 6.07) is 20.6. The van der Waals surface area contributed by atoms with Crippen LogP contribution in [0.25, 0.3) is 0 Å². The largest absolute Gasteiger partial charge is 0.508 e. The lowest BCUT2D eigenvalue weighted by atomic mass is 10.2. The quantitative estimate of drug-likeness (QED) is 0.413. The van der Waals surface area contributed by atoms with Crippen molar-refractivity contribution < 1.29 is 18.7 Å². The smallest absolute Gasteiger partial charge is 0.438 e. The lowest BCUT2D eigenvalue weighted by molar-refractivity contribution is 0.0347. The van der Waals surface area contributed by atoms with E-state index in [2.05, 4.69) is 56.4 Å². The number of carbonyl (C=O) groups is 1. The summed E-state index contributed by atoms with van der Waals surface area (Å²) in [4.78, 5) is 11.5. The molecule has 0 heterocycles. The third-order valence-electron chi connectivity index (χ3n) is 4.56. The number of hydrogen-bond acceptors (Lipinski definition) is 4. The molecule has 0 radical (unpaired) electrons. The highest BCUT2D eigenvalue weighted by Gasteiger charge is 2.50. The van der Waals surface area contributed by atoms with Gasteiger partial charge in [0.2, 0.25) is 0 Å². The van der Waals surface area contributed by atoms with Crippen LogP contribution in [0.1, 0.15) is 20.8 Å². The summed E-state index contributed by atoms with van der Waals surface area (Å²) in [5, 5.41) is 2.20. The predicted molar refractivity (Wildman–Crippen MR) is 111 cm³/mol. The van der Waals surface area contributed by atoms with Gasteiger partial charge in [0.25, 0.3) is 8.32 Å². The fourth-order valence-corrected chi connectivity index (χ4v) is 7.86. The van der Waals surface area contributed by atoms with E-state index in [1.54, 1.807) is 6.08 Å². The van der Waals surface area contributed by atoms with Crippen LogP contribution in [0.5, 0.6) is 0 Å². The SMILES string of the molecule is C=C[C@@H](CO[Si](c1ccccc1)(c1ccccc1)C(C)(C)C)OC(=O)OC. The minimum absolute atomic E-state index is 0.146. The van der Waals surface area contributed by atoms with Crippen LogP contribution in [0, 0.1) is 0 Å². The van der Waals surface area contributed by atoms with Gasteiger partial charge in [0, 0.05) is 0 Å². The third kappa shape index (κ3) is 4.67. The molecule has 0 N–H and O–H groups in total. The molecule has 2 aromatic rings. The van der Waals surface area contributed by atoms with E-state index < -0.39 is 20.6 Å². The van der Waals surface area contributed by atoms with Gasteiger partial charge in [0.15, 0.2) is 0 Å². The first-order valence-corrected chi connectivity index (χ1v) is 10.9. The van der Waals surface area contributed by atoms with Crippen LogP contribution in [0.2, 0.25) is 5.04 Å². The summed E-state index contributed by atoms with van der Waals surface area (Å²) in [6.45, 7) is 10.6. The Hall–Kier alpha value is -2.37. The molecule has 5 heteroatoms. The maximum absolute atomic E-state index is 11.5. The third-order valence-corrected chi connectivity index (χ3v) is 9.56. The molecule has 0 aliphatic rings. The minimum Gasteiger partial charge on any atom is -0.438 e. The van der Waals surface area contributed by atoms with Gasteiger partial charge in [-0.2, -0.15) is 0 Å². The molecule has 0 saturated carbocycles. The molecule has 4 nitrogen and oxygen atoms in total. The van der Waals surface area contributed by atoms with E-state index in [1.807, 2.05) is 36.4 Å². The normalized spacial score (nSPS) is 12.9. The molecular weight excluding hydrogens is 356 g/mol. The highest BCUT2D eigenvalue weighted by Crippen LogP contribution is 2.36. The fraction of sp³-hybridized carbons (Fsp3) is 0.318. The molecule has 0 saturated heterocycles. The van der Waals surface area contributed by atoms with Gasteiger partial charge >= 0.3 is 6.16 Å². The zero-order valence-corrected chi connectivity index (χ0v) is 17.5. The van der Waals surface area contributed by atoms with Crippen LogP contribution in [0.3, 0.4) is 0 Å². The molecule has 0 bridgehead atoms. The van der Waals surface area contributed by atoms with Gasteiger partial charge in [0.1, 0.15) is 6.10 Å². The first-order valence-electron chi connectivity index (χ1n) is 8.97. The Kier molecular flexibility index (Phi) is 6.99. The first-order chi connectivity index (χ1) is 12.8. The molecule has 0 aliphatic carbocycles. The highest BCUT2D eigenvalue weighted by atomic mass is 28.4. The highest BCUT2D eigenvalue weighted by molar-refractivity contribution is 6.99. The van der Waals surface area contributed by atoms with Crippen molar-refractivity contribution in [1.82, 2.24) is 0 Å². The van der Waals surface area contributed by atoms with E-state index in [1.165, 1.54) is 17.5 Å². The minimum atomic E-state index is -2.67. The molecule has 1 atom stereocenters. The van der Waals surface area contributed by atoms with E-state index in [0.29, 0.717) is 0 Å². The molecule has 144 valence electrons. The van der Waals surface area contributed by atoms with Crippen LogP contribution in [0.15, 0.2) is 73.3 Å². The lowest BCUT2D eigenvalue weighted by Gasteiger charge is -2.43. The molecule has 0 aliphatic heterocycles. The zero-order chi connectivity index (χ0) is 19.9. The molecule has 0 amide bonds. The van der Waals surface area contributed by atoms with Crippen molar-refractivity contribution in [2.24, 2.45) is 0 Å². The number of carbonyl (C=O) groups excluding carboxylic acids is 1. The summed E-state index contributed by atoms with van der Waals surface area (Å²) in [7, 11) is -1.39. The van der Waals surface area contributed by atoms with Gasteiger partial charge in [-0.1, -0.05) is 88.0 Å². The lowest BCUT2D eigenvalue weighted by Crippen LogP contribution is -2.67. The summed E-state index contributed by atoms with van der Waals surface area (Å²) >= 11 is 0. The Morgan fingerprint density at radius 3 is 1.89 bits per heavy atom. The topological polar surface area (TPSA) is 44.8 Å². The van der Waals surface area contributed by atoms with Gasteiger partial charge < -0.3 is 13.9 Å². The Labute approximate surface area is 162 Å². The average molecular weight is 385 g/mol. The summed E-state index contributed by atoms with van der Waals surface area (Å²) < 4.78 is 16.5. The van der Waals surface area contributed by atoms with Crippen molar-refractivity contribution in [3.63, 3.8) is 0 Å². The van der Waals surface area contributed by atoms with Gasteiger partial charge in [-0.05, 0) is 21.5 Å². The Balaban J connectivity index is 2.49. The zero-order valence-electron chi connectivity index (χ0n) is 16.5. The molecule has 0 unspecified atom stereocenters. The Morgan fingerprint density at radius 1 is 1.04 bits per heavy atom. The molecule has 0 spiro atoms. The van der Waals surface area contributed by atoms with E-state index in [0.717, 1.165) is 0 Å². The standard InChI is InChI=1S/C22H28O4Si/c1-6-18(26-21(23)24-5)17-25-27(22(2,3)4,19-13-9-7-10-14-19)20-15-11-8-12-16-20/h6-16,18H,1,17H2,2-5H3/t18-/m0/s1. The van der Waals surface area contributed by atoms with Crippen LogP contribution < -0.4 is 10.4 Å². The monoisotopic (exact) mass is 384 g/mol. The van der Waals surface area contributed by atoms with Crippen LogP contribution in [0.4, 0.5) is 4.79 Å². The van der Waals surface area contributed by atoms with Gasteiger partial charge in [0.05, 0.1) is 13.7 Å². The fourth-order valence-electron chi connectivity index (χ4n) is 3.29. The molecular formula is C22H28O4Si. The number of rotatable bonds is 7. The second kappa shape index (κ2) is 9.02. The number of ether oxygens (including phenoxy) is 2. The van der Waals surface area contributed by atoms with Gasteiger partial charge in [-0.15, -0.1) is 0 Å². The van der Waals surface area contributed by atoms with Crippen LogP contribution in [-0.2, 0) is 13.9 Å². The molecule has 2 rings (SSSR count). The average Bonchev–Trinajstić information content (AvgIpc) is 2.67. The van der Waals surface area contributed by atoms with E-state index >= 15 is 0 Å². The molecule has 0 aromatic heterocycles. The second-order valence-electron chi connectivity index (χ2n) is 7.32. The number of methoxy groups -OCH3 is 1. The van der Waals surface area contributed by atoms with Crippen LogP contribution >= 0.6 is 0 Å². The van der Waals surface area contributed by atoms with Crippen molar-refractivity contribution in [3.8, 4) is 0 Å². The first kappa shape index (κ1) is 20.9. The number of benzene rings is 2. The van der Waals surface area contributed by atoms with E-state index in [-0.39, 0.29) is 11.6 Å². The maximum atomic E-state index is 11.5. The molecule has 0 fully saturated rings. The van der Waals surface area contributed by atoms with Gasteiger partial charge in [-0.25, -0.2) is 4.79 Å². The van der Waals surface area contributed by atoms with Crippen molar-refractivity contribution in [3.05, 3.63) is 73.3 Å². The molecule has 27 heavy (non-hydrogen) atoms. The van der Waals surface area contributed by atoms with Crippen molar-refractivity contribution in [1.29, 1.82) is 0 Å². The van der Waals surface area contributed by atoms with E-state index in [4.69, 9.17) is 9.16 Å². The summed E-state index contributed by atoms with van der Waals surface area (Å²) in [5.41, 5.74) is 0. The Bertz CT molecular complexity index is 698. The van der Waals surface area contributed by atoms with Gasteiger partial charge in [-0.3, -0.25) is 0 Å². The second-order valence-corrected chi connectivity index (χ2v) is 11.6. The van der Waals surface area contributed by atoms with E-state index in [9.17, 15) is 4.79 Å². The van der Waals surface area contributed by atoms with Crippen molar-refractivity contribution in [2.75, 3.05) is 13.7 Å². The number of hydrogen-bond donors (Lipinski definition) is 0. The van der Waals surface area contributed by atoms with Crippen molar-refractivity contribution >= 4 is 24.8 Å². The van der Waals surface area contributed by atoms with Crippen molar-refractivity contribution in [2.45, 2.75) is 31.9 Å². The Morgan fingerprint density at radius 2 is 1.52 bits per heavy atom. The predicted octanol–water partition coefficient (Wildman–Crippen LogP) is 3.90. The maximum Gasteiger partial charge on any atom is 0.508 e. The molecule has 2 aromatic carbocycles. The summed E-state index contributed by atoms with van der Waals surface area (Å²) in [5.74, 6) is 0. The van der Waals surface area contributed by atoms with Crippen LogP contribution in [-0.4, -0.2) is 34.3 Å².